The van der Waals surface area contributed by atoms with Crippen LogP contribution in [0.3, 0.4) is 0 Å². The van der Waals surface area contributed by atoms with Gasteiger partial charge in [-0.25, -0.2) is 0 Å². The van der Waals surface area contributed by atoms with Gasteiger partial charge in [0.2, 0.25) is 0 Å². The zero-order valence-corrected chi connectivity index (χ0v) is 7.88. The molecule has 1 aliphatic carbocycles. The fourth-order valence-corrected chi connectivity index (χ4v) is 1.59. The fourth-order valence-electron chi connectivity index (χ4n) is 1.59. The molecule has 0 bridgehead atoms. The van der Waals surface area contributed by atoms with E-state index in [2.05, 4.69) is 11.9 Å². The molecule has 0 aromatic heterocycles. The third-order valence-corrected chi connectivity index (χ3v) is 2.49. The van der Waals surface area contributed by atoms with Crippen LogP contribution >= 0.6 is 0 Å². The SMILES string of the molecule is COCCN(C)C1CCC(=O)C1. The third-order valence-electron chi connectivity index (χ3n) is 2.49. The highest BCUT2D eigenvalue weighted by Crippen LogP contribution is 2.18. The minimum absolute atomic E-state index is 0.407. The number of Topliss-reactive ketones (excluding diaryl/α,β-unsaturated/α-hetero) is 1. The first-order chi connectivity index (χ1) is 5.74. The molecule has 1 fully saturated rings. The molecule has 1 rings (SSSR count). The summed E-state index contributed by atoms with van der Waals surface area (Å²) in [5.41, 5.74) is 0. The van der Waals surface area contributed by atoms with Gasteiger partial charge in [0.25, 0.3) is 0 Å². The molecule has 0 aliphatic heterocycles. The third kappa shape index (κ3) is 2.57. The van der Waals surface area contributed by atoms with E-state index in [1.807, 2.05) is 0 Å². The van der Waals surface area contributed by atoms with Gasteiger partial charge in [0.05, 0.1) is 6.61 Å². The van der Waals surface area contributed by atoms with Gasteiger partial charge in [-0.2, -0.15) is 0 Å². The van der Waals surface area contributed by atoms with Crippen LogP contribution in [0.5, 0.6) is 0 Å². The topological polar surface area (TPSA) is 29.5 Å². The summed E-state index contributed by atoms with van der Waals surface area (Å²) < 4.78 is 4.97. The van der Waals surface area contributed by atoms with Gasteiger partial charge in [-0.1, -0.05) is 0 Å². The van der Waals surface area contributed by atoms with E-state index in [0.29, 0.717) is 11.8 Å². The first-order valence-corrected chi connectivity index (χ1v) is 4.45. The molecule has 1 atom stereocenters. The van der Waals surface area contributed by atoms with Crippen molar-refractivity contribution in [2.24, 2.45) is 0 Å². The van der Waals surface area contributed by atoms with Gasteiger partial charge < -0.3 is 9.64 Å². The summed E-state index contributed by atoms with van der Waals surface area (Å²) in [4.78, 5) is 13.2. The lowest BCUT2D eigenvalue weighted by Crippen LogP contribution is -2.32. The Hall–Kier alpha value is -0.410. The first kappa shape index (κ1) is 9.68. The Balaban J connectivity index is 2.23. The second kappa shape index (κ2) is 4.58. The molecule has 0 saturated heterocycles. The van der Waals surface area contributed by atoms with Crippen molar-refractivity contribution in [3.05, 3.63) is 0 Å². The standard InChI is InChI=1S/C9H17NO2/c1-10(5-6-12-2)8-3-4-9(11)7-8/h8H,3-7H2,1-2H3. The largest absolute Gasteiger partial charge is 0.383 e. The van der Waals surface area contributed by atoms with E-state index in [4.69, 9.17) is 4.74 Å². The van der Waals surface area contributed by atoms with Crippen LogP contribution in [0.15, 0.2) is 0 Å². The van der Waals surface area contributed by atoms with E-state index < -0.39 is 0 Å². The van der Waals surface area contributed by atoms with E-state index >= 15 is 0 Å². The normalized spacial score (nSPS) is 23.9. The predicted octanol–water partition coefficient (Wildman–Crippen LogP) is 0.686. The lowest BCUT2D eigenvalue weighted by atomic mass is 10.2. The maximum absolute atomic E-state index is 11.0. The Morgan fingerprint density at radius 2 is 2.42 bits per heavy atom. The molecule has 3 nitrogen and oxygen atoms in total. The molecule has 0 spiro atoms. The molecular weight excluding hydrogens is 154 g/mol. The van der Waals surface area contributed by atoms with Crippen molar-refractivity contribution in [3.63, 3.8) is 0 Å². The highest BCUT2D eigenvalue weighted by molar-refractivity contribution is 5.81. The predicted molar refractivity (Wildman–Crippen MR) is 47.2 cm³/mol. The number of methoxy groups -OCH3 is 1. The Kier molecular flexibility index (Phi) is 3.69. The number of ether oxygens (including phenoxy) is 1. The van der Waals surface area contributed by atoms with Crippen LogP contribution in [0.25, 0.3) is 0 Å². The van der Waals surface area contributed by atoms with Gasteiger partial charge in [-0.05, 0) is 13.5 Å². The van der Waals surface area contributed by atoms with Gasteiger partial charge in [0.15, 0.2) is 0 Å². The van der Waals surface area contributed by atoms with Crippen molar-refractivity contribution < 1.29 is 9.53 Å². The van der Waals surface area contributed by atoms with Gasteiger partial charge in [-0.15, -0.1) is 0 Å². The smallest absolute Gasteiger partial charge is 0.134 e. The number of nitrogens with zero attached hydrogens (tertiary/aromatic N) is 1. The molecular formula is C9H17NO2. The molecule has 0 aromatic carbocycles. The quantitative estimate of drug-likeness (QED) is 0.623. The molecule has 1 unspecified atom stereocenters. The molecule has 0 amide bonds. The highest BCUT2D eigenvalue weighted by atomic mass is 16.5. The molecule has 1 aliphatic rings. The van der Waals surface area contributed by atoms with Crippen LogP contribution in [-0.2, 0) is 9.53 Å². The van der Waals surface area contributed by atoms with Crippen LogP contribution in [0.2, 0.25) is 0 Å². The summed E-state index contributed by atoms with van der Waals surface area (Å²) in [5.74, 6) is 0.407. The van der Waals surface area contributed by atoms with Gasteiger partial charge in [0, 0.05) is 32.5 Å². The number of hydrogen-bond donors (Lipinski definition) is 0. The monoisotopic (exact) mass is 171 g/mol. The summed E-state index contributed by atoms with van der Waals surface area (Å²) in [7, 11) is 3.76. The van der Waals surface area contributed by atoms with Crippen molar-refractivity contribution in [2.45, 2.75) is 25.3 Å². The number of ketones is 1. The zero-order valence-electron chi connectivity index (χ0n) is 7.88. The van der Waals surface area contributed by atoms with E-state index in [9.17, 15) is 4.79 Å². The minimum atomic E-state index is 0.407. The van der Waals surface area contributed by atoms with Crippen LogP contribution in [0.4, 0.5) is 0 Å². The van der Waals surface area contributed by atoms with E-state index in [1.165, 1.54) is 0 Å². The molecule has 0 N–H and O–H groups in total. The van der Waals surface area contributed by atoms with Gasteiger partial charge in [0.1, 0.15) is 5.78 Å². The van der Waals surface area contributed by atoms with Crippen molar-refractivity contribution >= 4 is 5.78 Å². The molecule has 0 aromatic rings. The van der Waals surface area contributed by atoms with Crippen molar-refractivity contribution in [1.82, 2.24) is 4.90 Å². The van der Waals surface area contributed by atoms with E-state index in [0.717, 1.165) is 32.4 Å². The molecule has 1 saturated carbocycles. The van der Waals surface area contributed by atoms with Crippen LogP contribution in [0.1, 0.15) is 19.3 Å². The molecule has 0 heterocycles. The first-order valence-electron chi connectivity index (χ1n) is 4.45. The zero-order chi connectivity index (χ0) is 8.97. The number of carbonyl (C=O) groups excluding carboxylic acids is 1. The molecule has 12 heavy (non-hydrogen) atoms. The Bertz CT molecular complexity index is 159. The Morgan fingerprint density at radius 3 is 2.92 bits per heavy atom. The summed E-state index contributed by atoms with van der Waals surface area (Å²) in [6, 6.07) is 0.465. The number of rotatable bonds is 4. The molecule has 70 valence electrons. The van der Waals surface area contributed by atoms with E-state index in [1.54, 1.807) is 7.11 Å². The minimum Gasteiger partial charge on any atom is -0.383 e. The second-order valence-electron chi connectivity index (χ2n) is 3.41. The Labute approximate surface area is 73.7 Å². The second-order valence-corrected chi connectivity index (χ2v) is 3.41. The van der Waals surface area contributed by atoms with Gasteiger partial charge >= 0.3 is 0 Å². The van der Waals surface area contributed by atoms with Crippen molar-refractivity contribution in [2.75, 3.05) is 27.3 Å². The van der Waals surface area contributed by atoms with E-state index in [-0.39, 0.29) is 0 Å². The number of carbonyl (C=O) groups is 1. The fraction of sp³-hybridized carbons (Fsp3) is 0.889. The molecule has 3 heteroatoms. The van der Waals surface area contributed by atoms with Crippen LogP contribution in [-0.4, -0.2) is 44.0 Å². The average molecular weight is 171 g/mol. The average Bonchev–Trinajstić information content (AvgIpc) is 2.47. The summed E-state index contributed by atoms with van der Waals surface area (Å²) in [6.45, 7) is 1.68. The lowest BCUT2D eigenvalue weighted by molar-refractivity contribution is -0.117. The summed E-state index contributed by atoms with van der Waals surface area (Å²) in [5, 5.41) is 0. The highest BCUT2D eigenvalue weighted by Gasteiger charge is 2.24. The number of likely N-dealkylation sites (N-methyl/N-ethyl adjacent to an activating group) is 1. The van der Waals surface area contributed by atoms with Gasteiger partial charge in [-0.3, -0.25) is 4.79 Å². The van der Waals surface area contributed by atoms with Crippen molar-refractivity contribution in [1.29, 1.82) is 0 Å². The molecule has 0 radical (unpaired) electrons. The van der Waals surface area contributed by atoms with Crippen LogP contribution in [0, 0.1) is 0 Å². The number of hydrogen-bond acceptors (Lipinski definition) is 3. The Morgan fingerprint density at radius 1 is 1.67 bits per heavy atom. The maximum atomic E-state index is 11.0. The lowest BCUT2D eigenvalue weighted by Gasteiger charge is -2.22. The van der Waals surface area contributed by atoms with Crippen LogP contribution < -0.4 is 0 Å². The van der Waals surface area contributed by atoms with Crippen molar-refractivity contribution in [3.8, 4) is 0 Å². The summed E-state index contributed by atoms with van der Waals surface area (Å²) >= 11 is 0. The summed E-state index contributed by atoms with van der Waals surface area (Å²) in [6.07, 6.45) is 2.53. The maximum Gasteiger partial charge on any atom is 0.134 e.